The van der Waals surface area contributed by atoms with Crippen LogP contribution < -0.4 is 5.32 Å². The highest BCUT2D eigenvalue weighted by atomic mass is 35.5. The van der Waals surface area contributed by atoms with Crippen molar-refractivity contribution in [1.82, 2.24) is 20.4 Å². The molecule has 0 aliphatic carbocycles. The molecule has 1 fully saturated rings. The summed E-state index contributed by atoms with van der Waals surface area (Å²) in [5.74, 6) is -2.51. The molecule has 10 heteroatoms. The summed E-state index contributed by atoms with van der Waals surface area (Å²) in [7, 11) is 0. The van der Waals surface area contributed by atoms with E-state index in [9.17, 15) is 18.4 Å². The lowest BCUT2D eigenvalue weighted by Crippen LogP contribution is -2.41. The largest absolute Gasteiger partial charge is 0.337 e. The van der Waals surface area contributed by atoms with Crippen molar-refractivity contribution in [2.24, 2.45) is 0 Å². The summed E-state index contributed by atoms with van der Waals surface area (Å²) < 4.78 is 32.0. The molecule has 2 heterocycles. The first-order chi connectivity index (χ1) is 13.8. The first-order valence-corrected chi connectivity index (χ1v) is 8.84. The van der Waals surface area contributed by atoms with Crippen LogP contribution in [0.5, 0.6) is 0 Å². The van der Waals surface area contributed by atoms with Crippen LogP contribution >= 0.6 is 11.6 Å². The second-order valence-corrected chi connectivity index (χ2v) is 7.03. The van der Waals surface area contributed by atoms with E-state index in [1.807, 2.05) is 0 Å². The number of rotatable bonds is 4. The van der Waals surface area contributed by atoms with Crippen LogP contribution in [0.1, 0.15) is 18.4 Å². The van der Waals surface area contributed by atoms with E-state index in [1.165, 1.54) is 13.0 Å². The number of hydrogen-bond acceptors (Lipinski definition) is 5. The van der Waals surface area contributed by atoms with Gasteiger partial charge in [-0.05, 0) is 48.9 Å². The van der Waals surface area contributed by atoms with E-state index >= 15 is 0 Å². The SMILES string of the molecule is CC1(c2ccc(F)c(F)c2)NC(=O)N(Cc2nc(-c3ccc(Cl)cc3)no2)C1=O. The van der Waals surface area contributed by atoms with E-state index in [1.54, 1.807) is 24.3 Å². The van der Waals surface area contributed by atoms with Crippen molar-refractivity contribution < 1.29 is 22.9 Å². The smallest absolute Gasteiger partial charge is 0.325 e. The zero-order valence-corrected chi connectivity index (χ0v) is 15.7. The minimum Gasteiger partial charge on any atom is -0.337 e. The van der Waals surface area contributed by atoms with Crippen LogP contribution in [0, 0.1) is 11.6 Å². The first kappa shape index (κ1) is 19.0. The van der Waals surface area contributed by atoms with Gasteiger partial charge >= 0.3 is 6.03 Å². The average molecular weight is 419 g/mol. The lowest BCUT2D eigenvalue weighted by molar-refractivity contribution is -0.131. The van der Waals surface area contributed by atoms with Crippen LogP contribution in [0.15, 0.2) is 47.0 Å². The number of hydrogen-bond donors (Lipinski definition) is 1. The Morgan fingerprint density at radius 2 is 1.86 bits per heavy atom. The first-order valence-electron chi connectivity index (χ1n) is 8.46. The van der Waals surface area contributed by atoms with Gasteiger partial charge in [-0.2, -0.15) is 4.98 Å². The number of urea groups is 1. The minimum absolute atomic E-state index is 0.0352. The molecule has 1 N–H and O–H groups in total. The van der Waals surface area contributed by atoms with Gasteiger partial charge < -0.3 is 9.84 Å². The Bertz CT molecular complexity index is 1120. The van der Waals surface area contributed by atoms with E-state index in [2.05, 4.69) is 15.5 Å². The van der Waals surface area contributed by atoms with Gasteiger partial charge in [0, 0.05) is 10.6 Å². The van der Waals surface area contributed by atoms with Crippen molar-refractivity contribution in [1.29, 1.82) is 0 Å². The van der Waals surface area contributed by atoms with Crippen molar-refractivity contribution in [2.45, 2.75) is 19.0 Å². The maximum atomic E-state index is 13.6. The molecule has 1 unspecified atom stereocenters. The van der Waals surface area contributed by atoms with Crippen molar-refractivity contribution in [2.75, 3.05) is 0 Å². The summed E-state index contributed by atoms with van der Waals surface area (Å²) in [6.07, 6.45) is 0. The van der Waals surface area contributed by atoms with E-state index in [-0.39, 0.29) is 23.8 Å². The third-order valence-electron chi connectivity index (χ3n) is 4.64. The van der Waals surface area contributed by atoms with Crippen LogP contribution in [0.25, 0.3) is 11.4 Å². The molecule has 0 radical (unpaired) electrons. The maximum absolute atomic E-state index is 13.6. The van der Waals surface area contributed by atoms with Crippen LogP contribution in [0.2, 0.25) is 5.02 Å². The molecule has 148 valence electrons. The summed E-state index contributed by atoms with van der Waals surface area (Å²) in [5, 5.41) is 6.89. The summed E-state index contributed by atoms with van der Waals surface area (Å²) in [4.78, 5) is 30.3. The van der Waals surface area contributed by atoms with Gasteiger partial charge in [0.2, 0.25) is 11.7 Å². The topological polar surface area (TPSA) is 88.3 Å². The number of halogens is 3. The minimum atomic E-state index is -1.55. The molecule has 0 saturated carbocycles. The molecule has 1 aromatic heterocycles. The molecule has 7 nitrogen and oxygen atoms in total. The van der Waals surface area contributed by atoms with Gasteiger partial charge in [0.05, 0.1) is 0 Å². The molecule has 1 atom stereocenters. The average Bonchev–Trinajstić information content (AvgIpc) is 3.24. The third-order valence-corrected chi connectivity index (χ3v) is 4.89. The van der Waals surface area contributed by atoms with Crippen LogP contribution in [0.3, 0.4) is 0 Å². The van der Waals surface area contributed by atoms with Gasteiger partial charge in [-0.15, -0.1) is 0 Å². The van der Waals surface area contributed by atoms with Crippen LogP contribution in [-0.4, -0.2) is 27.0 Å². The number of aromatic nitrogens is 2. The van der Waals surface area contributed by atoms with Gasteiger partial charge in [0.1, 0.15) is 12.1 Å². The lowest BCUT2D eigenvalue weighted by Gasteiger charge is -2.22. The fraction of sp³-hybridized carbons (Fsp3) is 0.158. The predicted octanol–water partition coefficient (Wildman–Crippen LogP) is 3.64. The van der Waals surface area contributed by atoms with Crippen LogP contribution in [0.4, 0.5) is 13.6 Å². The Kier molecular flexibility index (Phi) is 4.54. The summed E-state index contributed by atoms with van der Waals surface area (Å²) in [6.45, 7) is 1.14. The van der Waals surface area contributed by atoms with Crippen molar-refractivity contribution in [3.8, 4) is 11.4 Å². The van der Waals surface area contributed by atoms with E-state index in [4.69, 9.17) is 16.1 Å². The van der Waals surface area contributed by atoms with Crippen molar-refractivity contribution in [3.05, 3.63) is 70.6 Å². The number of imide groups is 1. The summed E-state index contributed by atoms with van der Waals surface area (Å²) in [6, 6.07) is 9.03. The molecule has 0 spiro atoms. The van der Waals surface area contributed by atoms with Gasteiger partial charge in [0.25, 0.3) is 5.91 Å². The highest BCUT2D eigenvalue weighted by molar-refractivity contribution is 6.30. The van der Waals surface area contributed by atoms with Gasteiger partial charge in [-0.1, -0.05) is 22.8 Å². The Labute approximate surface area is 168 Å². The van der Waals surface area contributed by atoms with E-state index < -0.39 is 29.1 Å². The number of amides is 3. The maximum Gasteiger partial charge on any atom is 0.325 e. The Hall–Kier alpha value is -3.33. The van der Waals surface area contributed by atoms with E-state index in [0.29, 0.717) is 10.6 Å². The number of nitrogens with one attached hydrogen (secondary N) is 1. The summed E-state index contributed by atoms with van der Waals surface area (Å²) >= 11 is 5.85. The molecule has 1 aliphatic rings. The zero-order chi connectivity index (χ0) is 20.8. The van der Waals surface area contributed by atoms with Crippen molar-refractivity contribution >= 4 is 23.5 Å². The Morgan fingerprint density at radius 3 is 2.55 bits per heavy atom. The Balaban J connectivity index is 1.57. The molecule has 3 aromatic rings. The quantitative estimate of drug-likeness (QED) is 0.653. The molecular weight excluding hydrogens is 406 g/mol. The molecule has 3 amide bonds. The summed E-state index contributed by atoms with van der Waals surface area (Å²) in [5.41, 5.74) is -0.789. The normalized spacial score (nSPS) is 19.0. The second kappa shape index (κ2) is 6.93. The molecule has 4 rings (SSSR count). The third kappa shape index (κ3) is 3.33. The Morgan fingerprint density at radius 1 is 1.14 bits per heavy atom. The molecule has 1 saturated heterocycles. The van der Waals surface area contributed by atoms with Gasteiger partial charge in [-0.3, -0.25) is 9.69 Å². The fourth-order valence-electron chi connectivity index (χ4n) is 3.01. The monoisotopic (exact) mass is 418 g/mol. The van der Waals surface area contributed by atoms with Gasteiger partial charge in [0.15, 0.2) is 11.6 Å². The molecule has 1 aliphatic heterocycles. The number of benzene rings is 2. The van der Waals surface area contributed by atoms with Gasteiger partial charge in [-0.25, -0.2) is 13.6 Å². The second-order valence-electron chi connectivity index (χ2n) is 6.59. The standard InChI is InChI=1S/C19H13ClF2N4O3/c1-19(11-4-7-13(21)14(22)8-11)17(27)26(18(28)24-19)9-15-23-16(25-29-15)10-2-5-12(20)6-3-10/h2-8H,9H2,1H3,(H,24,28). The molecule has 29 heavy (non-hydrogen) atoms. The van der Waals surface area contributed by atoms with Crippen molar-refractivity contribution in [3.63, 3.8) is 0 Å². The predicted molar refractivity (Wildman–Crippen MR) is 97.5 cm³/mol. The molecule has 0 bridgehead atoms. The van der Waals surface area contributed by atoms with Crippen LogP contribution in [-0.2, 0) is 16.9 Å². The number of carbonyl (C=O) groups excluding carboxylic acids is 2. The number of carbonyl (C=O) groups is 2. The van der Waals surface area contributed by atoms with E-state index in [0.717, 1.165) is 17.0 Å². The molecular formula is C19H13ClF2N4O3. The zero-order valence-electron chi connectivity index (χ0n) is 14.9. The highest BCUT2D eigenvalue weighted by Crippen LogP contribution is 2.30. The number of nitrogens with zero attached hydrogens (tertiary/aromatic N) is 3. The lowest BCUT2D eigenvalue weighted by atomic mass is 9.92. The fourth-order valence-corrected chi connectivity index (χ4v) is 3.14. The molecule has 2 aromatic carbocycles. The highest BCUT2D eigenvalue weighted by Gasteiger charge is 2.49.